The van der Waals surface area contributed by atoms with Gasteiger partial charge in [0.25, 0.3) is 0 Å². The maximum absolute atomic E-state index is 6.15. The molecular weight excluding hydrogens is 412 g/mol. The van der Waals surface area contributed by atoms with Gasteiger partial charge < -0.3 is 18.8 Å². The van der Waals surface area contributed by atoms with Gasteiger partial charge in [-0.2, -0.15) is 0 Å². The van der Waals surface area contributed by atoms with Crippen LogP contribution in [0, 0.1) is 0 Å². The topological polar surface area (TPSA) is 35.9 Å². The van der Waals surface area contributed by atoms with E-state index < -0.39 is 0 Å². The summed E-state index contributed by atoms with van der Waals surface area (Å²) in [6, 6.07) is 17.4. The van der Waals surface area contributed by atoms with Crippen LogP contribution < -0.4 is 9.47 Å². The molecule has 1 aromatic heterocycles. The number of benzene rings is 2. The fourth-order valence-electron chi connectivity index (χ4n) is 5.12. The van der Waals surface area contributed by atoms with Gasteiger partial charge in [-0.15, -0.1) is 0 Å². The average Bonchev–Trinajstić information content (AvgIpc) is 3.50. The second-order valence-electron chi connectivity index (χ2n) is 9.20. The molecule has 5 nitrogen and oxygen atoms in total. The summed E-state index contributed by atoms with van der Waals surface area (Å²) < 4.78 is 20.0. The third-order valence-corrected chi connectivity index (χ3v) is 6.94. The zero-order chi connectivity index (χ0) is 22.5. The quantitative estimate of drug-likeness (QED) is 0.391. The molecule has 0 bridgehead atoms. The van der Waals surface area contributed by atoms with Crippen LogP contribution in [-0.4, -0.2) is 55.0 Å². The molecule has 176 valence electrons. The Bertz CT molecular complexity index is 1030. The number of aryl methyl sites for hydroxylation is 1. The van der Waals surface area contributed by atoms with E-state index in [0.717, 1.165) is 63.9 Å². The van der Waals surface area contributed by atoms with Crippen LogP contribution >= 0.6 is 0 Å². The van der Waals surface area contributed by atoms with Crippen molar-refractivity contribution in [3.05, 3.63) is 48.5 Å². The van der Waals surface area contributed by atoms with Crippen molar-refractivity contribution < 1.29 is 14.2 Å². The number of fused-ring (bicyclic) bond motifs is 1. The van der Waals surface area contributed by atoms with Crippen LogP contribution in [-0.2, 0) is 11.3 Å². The van der Waals surface area contributed by atoms with E-state index >= 15 is 0 Å². The Labute approximate surface area is 197 Å². The number of hydrogen-bond acceptors (Lipinski definition) is 4. The summed E-state index contributed by atoms with van der Waals surface area (Å²) in [5.74, 6) is 1.93. The summed E-state index contributed by atoms with van der Waals surface area (Å²) >= 11 is 0. The van der Waals surface area contributed by atoms with Crippen molar-refractivity contribution in [2.45, 2.75) is 51.7 Å². The highest BCUT2D eigenvalue weighted by molar-refractivity contribution is 5.88. The van der Waals surface area contributed by atoms with Gasteiger partial charge in [0.2, 0.25) is 0 Å². The molecule has 2 fully saturated rings. The molecule has 0 atom stereocenters. The van der Waals surface area contributed by atoms with Gasteiger partial charge in [0, 0.05) is 42.8 Å². The van der Waals surface area contributed by atoms with Crippen molar-refractivity contribution in [3.8, 4) is 22.8 Å². The average molecular weight is 449 g/mol. The van der Waals surface area contributed by atoms with E-state index in [1.54, 1.807) is 0 Å². The fraction of sp³-hybridized carbons (Fsp3) is 0.500. The Morgan fingerprint density at radius 2 is 1.70 bits per heavy atom. The molecule has 1 aliphatic carbocycles. The Morgan fingerprint density at radius 3 is 2.45 bits per heavy atom. The largest absolute Gasteiger partial charge is 0.494 e. The molecule has 2 aliphatic rings. The number of nitrogens with zero attached hydrogens (tertiary/aromatic N) is 2. The van der Waals surface area contributed by atoms with E-state index in [2.05, 4.69) is 64.9 Å². The molecule has 3 aromatic rings. The molecule has 5 rings (SSSR count). The van der Waals surface area contributed by atoms with E-state index in [0.29, 0.717) is 6.10 Å². The zero-order valence-corrected chi connectivity index (χ0v) is 19.8. The van der Waals surface area contributed by atoms with Crippen LogP contribution in [0.25, 0.3) is 22.2 Å². The number of hydrogen-bond donors (Lipinski definition) is 0. The van der Waals surface area contributed by atoms with E-state index in [9.17, 15) is 0 Å². The van der Waals surface area contributed by atoms with Crippen molar-refractivity contribution in [1.29, 1.82) is 0 Å². The van der Waals surface area contributed by atoms with Crippen LogP contribution in [0.4, 0.5) is 0 Å². The molecule has 0 N–H and O–H groups in total. The van der Waals surface area contributed by atoms with Crippen molar-refractivity contribution in [2.24, 2.45) is 0 Å². The molecule has 2 heterocycles. The van der Waals surface area contributed by atoms with Gasteiger partial charge in [0.05, 0.1) is 25.9 Å². The van der Waals surface area contributed by atoms with Gasteiger partial charge in [-0.05, 0) is 93.1 Å². The first-order valence-electron chi connectivity index (χ1n) is 12.6. The third-order valence-electron chi connectivity index (χ3n) is 6.94. The highest BCUT2D eigenvalue weighted by atomic mass is 16.5. The standard InChI is InChI=1S/C28H36N2O3/c1-2-30-27-13-12-26(32-17-5-14-29-15-18-31-19-16-29)20-23(27)21-28(30)22-8-10-25(11-9-22)33-24-6-3-4-7-24/h8-13,20-21,24H,2-7,14-19H2,1H3. The molecule has 0 spiro atoms. The van der Waals surface area contributed by atoms with Crippen molar-refractivity contribution in [3.63, 3.8) is 0 Å². The third kappa shape index (κ3) is 5.36. The summed E-state index contributed by atoms with van der Waals surface area (Å²) in [7, 11) is 0. The molecule has 33 heavy (non-hydrogen) atoms. The van der Waals surface area contributed by atoms with E-state index in [4.69, 9.17) is 14.2 Å². The first-order chi connectivity index (χ1) is 16.3. The minimum absolute atomic E-state index is 0.394. The minimum Gasteiger partial charge on any atom is -0.494 e. The number of rotatable bonds is 9. The molecular formula is C28H36N2O3. The van der Waals surface area contributed by atoms with Gasteiger partial charge in [-0.1, -0.05) is 0 Å². The summed E-state index contributed by atoms with van der Waals surface area (Å²) in [6.45, 7) is 8.72. The zero-order valence-electron chi connectivity index (χ0n) is 19.8. The SMILES string of the molecule is CCn1c(-c2ccc(OC3CCCC3)cc2)cc2cc(OCCCN3CCOCC3)ccc21. The summed E-state index contributed by atoms with van der Waals surface area (Å²) in [6.07, 6.45) is 6.38. The molecule has 1 saturated carbocycles. The summed E-state index contributed by atoms with van der Waals surface area (Å²) in [4.78, 5) is 2.45. The fourth-order valence-corrected chi connectivity index (χ4v) is 5.12. The first kappa shape index (κ1) is 22.3. The Balaban J connectivity index is 1.25. The Hall–Kier alpha value is -2.50. The predicted molar refractivity (Wildman–Crippen MR) is 133 cm³/mol. The lowest BCUT2D eigenvalue weighted by Gasteiger charge is -2.26. The van der Waals surface area contributed by atoms with Gasteiger partial charge in [0.15, 0.2) is 0 Å². The lowest BCUT2D eigenvalue weighted by atomic mass is 10.1. The lowest BCUT2D eigenvalue weighted by molar-refractivity contribution is 0.0358. The second kappa shape index (κ2) is 10.6. The van der Waals surface area contributed by atoms with Gasteiger partial charge in [-0.25, -0.2) is 0 Å². The summed E-state index contributed by atoms with van der Waals surface area (Å²) in [5.41, 5.74) is 3.71. The monoisotopic (exact) mass is 448 g/mol. The van der Waals surface area contributed by atoms with Gasteiger partial charge >= 0.3 is 0 Å². The van der Waals surface area contributed by atoms with Gasteiger partial charge in [-0.3, -0.25) is 4.90 Å². The van der Waals surface area contributed by atoms with Gasteiger partial charge in [0.1, 0.15) is 11.5 Å². The first-order valence-corrected chi connectivity index (χ1v) is 12.6. The van der Waals surface area contributed by atoms with Crippen LogP contribution in [0.5, 0.6) is 11.5 Å². The molecule has 0 amide bonds. The maximum Gasteiger partial charge on any atom is 0.120 e. The Kier molecular flexibility index (Phi) is 7.18. The maximum atomic E-state index is 6.15. The molecule has 1 saturated heterocycles. The smallest absolute Gasteiger partial charge is 0.120 e. The number of aromatic nitrogens is 1. The normalized spacial score (nSPS) is 17.6. The predicted octanol–water partition coefficient (Wildman–Crippen LogP) is 5.75. The number of morpholine rings is 1. The minimum atomic E-state index is 0.394. The lowest BCUT2D eigenvalue weighted by Crippen LogP contribution is -2.37. The van der Waals surface area contributed by atoms with Crippen molar-refractivity contribution >= 4 is 10.9 Å². The molecule has 0 radical (unpaired) electrons. The molecule has 1 aliphatic heterocycles. The Morgan fingerprint density at radius 1 is 0.939 bits per heavy atom. The highest BCUT2D eigenvalue weighted by Crippen LogP contribution is 2.32. The van der Waals surface area contributed by atoms with Crippen molar-refractivity contribution in [1.82, 2.24) is 9.47 Å². The summed E-state index contributed by atoms with van der Waals surface area (Å²) in [5, 5.41) is 1.23. The molecule has 0 unspecified atom stereocenters. The van der Waals surface area contributed by atoms with Crippen LogP contribution in [0.15, 0.2) is 48.5 Å². The van der Waals surface area contributed by atoms with Crippen LogP contribution in [0.3, 0.4) is 0 Å². The van der Waals surface area contributed by atoms with Crippen LogP contribution in [0.1, 0.15) is 39.0 Å². The van der Waals surface area contributed by atoms with Crippen LogP contribution in [0.2, 0.25) is 0 Å². The molecule has 5 heteroatoms. The van der Waals surface area contributed by atoms with E-state index in [1.807, 2.05) is 0 Å². The van der Waals surface area contributed by atoms with Crippen molar-refractivity contribution in [2.75, 3.05) is 39.5 Å². The van der Waals surface area contributed by atoms with E-state index in [-0.39, 0.29) is 0 Å². The van der Waals surface area contributed by atoms with E-state index in [1.165, 1.54) is 47.8 Å². The highest BCUT2D eigenvalue weighted by Gasteiger charge is 2.17. The second-order valence-corrected chi connectivity index (χ2v) is 9.20. The molecule has 2 aromatic carbocycles. The number of ether oxygens (including phenoxy) is 3.